The third-order valence-electron chi connectivity index (χ3n) is 5.40. The molecule has 0 aliphatic carbocycles. The van der Waals surface area contributed by atoms with Crippen LogP contribution in [0.3, 0.4) is 0 Å². The van der Waals surface area contributed by atoms with E-state index in [1.807, 2.05) is 0 Å². The van der Waals surface area contributed by atoms with Gasteiger partial charge in [-0.3, -0.25) is 14.3 Å². The van der Waals surface area contributed by atoms with Crippen LogP contribution < -0.4 is 4.90 Å². The minimum absolute atomic E-state index is 0.126. The van der Waals surface area contributed by atoms with Gasteiger partial charge in [-0.1, -0.05) is 12.1 Å². The molecule has 1 aromatic carbocycles. The summed E-state index contributed by atoms with van der Waals surface area (Å²) in [6.07, 6.45) is 4.61. The first-order valence-electron chi connectivity index (χ1n) is 8.42. The number of carbonyl (C=O) groups excluding carboxylic acids is 2. The predicted molar refractivity (Wildman–Crippen MR) is 85.1 cm³/mol. The molecule has 2 aromatic rings. The number of halogens is 1. The van der Waals surface area contributed by atoms with Gasteiger partial charge in [0.15, 0.2) is 0 Å². The normalized spacial score (nSPS) is 30.4. The first-order chi connectivity index (χ1) is 12.1. The molecule has 1 aromatic heterocycles. The van der Waals surface area contributed by atoms with Gasteiger partial charge in [0, 0.05) is 6.20 Å². The molecule has 25 heavy (non-hydrogen) atoms. The summed E-state index contributed by atoms with van der Waals surface area (Å²) in [6.45, 7) is 0.370. The molecule has 0 saturated carbocycles. The Bertz CT molecular complexity index is 852. The summed E-state index contributed by atoms with van der Waals surface area (Å²) in [5.41, 5.74) is 1.23. The molecule has 0 radical (unpaired) electrons. The van der Waals surface area contributed by atoms with E-state index in [-0.39, 0.29) is 41.7 Å². The largest absolute Gasteiger partial charge is 0.373 e. The van der Waals surface area contributed by atoms with Gasteiger partial charge in [-0.05, 0) is 30.5 Å². The van der Waals surface area contributed by atoms with E-state index in [1.54, 1.807) is 23.0 Å². The van der Waals surface area contributed by atoms with Gasteiger partial charge in [0.05, 0.1) is 42.5 Å². The van der Waals surface area contributed by atoms with E-state index in [9.17, 15) is 14.0 Å². The number of ether oxygens (including phenoxy) is 1. The van der Waals surface area contributed by atoms with Gasteiger partial charge in [-0.15, -0.1) is 0 Å². The maximum atomic E-state index is 13.3. The molecule has 5 rings (SSSR count). The average Bonchev–Trinajstić information content (AvgIpc) is 3.33. The van der Waals surface area contributed by atoms with E-state index >= 15 is 0 Å². The highest BCUT2D eigenvalue weighted by molar-refractivity contribution is 6.22. The molecule has 4 heterocycles. The van der Waals surface area contributed by atoms with Crippen molar-refractivity contribution < 1.29 is 18.7 Å². The molecule has 2 bridgehead atoms. The molecule has 4 atom stereocenters. The van der Waals surface area contributed by atoms with Crippen molar-refractivity contribution in [3.63, 3.8) is 0 Å². The van der Waals surface area contributed by atoms with Crippen LogP contribution in [0.25, 0.3) is 0 Å². The van der Waals surface area contributed by atoms with Crippen molar-refractivity contribution in [1.29, 1.82) is 0 Å². The summed E-state index contributed by atoms with van der Waals surface area (Å²) in [5.74, 6) is -1.38. The van der Waals surface area contributed by atoms with Crippen molar-refractivity contribution in [2.24, 2.45) is 11.8 Å². The molecule has 3 saturated heterocycles. The zero-order valence-electron chi connectivity index (χ0n) is 13.3. The highest BCUT2D eigenvalue weighted by Gasteiger charge is 2.62. The number of benzene rings is 1. The second-order valence-electron chi connectivity index (χ2n) is 6.88. The highest BCUT2D eigenvalue weighted by Crippen LogP contribution is 2.49. The SMILES string of the molecule is O=C1[C@@H]2[C@H](C(=O)N1c1cnn(Cc3cccc(F)c3)c1)[C@@H]1CC[C@@H]2O1. The summed E-state index contributed by atoms with van der Waals surface area (Å²) in [4.78, 5) is 26.7. The van der Waals surface area contributed by atoms with Gasteiger partial charge in [0.25, 0.3) is 0 Å². The second kappa shape index (κ2) is 5.23. The third-order valence-corrected chi connectivity index (χ3v) is 5.40. The smallest absolute Gasteiger partial charge is 0.240 e. The Balaban J connectivity index is 1.40. The zero-order chi connectivity index (χ0) is 17.1. The lowest BCUT2D eigenvalue weighted by Gasteiger charge is -2.15. The molecular weight excluding hydrogens is 325 g/mol. The van der Waals surface area contributed by atoms with Crippen LogP contribution in [0.15, 0.2) is 36.7 Å². The van der Waals surface area contributed by atoms with Gasteiger partial charge in [-0.2, -0.15) is 5.10 Å². The van der Waals surface area contributed by atoms with Gasteiger partial charge in [0.1, 0.15) is 5.82 Å². The highest BCUT2D eigenvalue weighted by atomic mass is 19.1. The lowest BCUT2D eigenvalue weighted by molar-refractivity contribution is -0.124. The topological polar surface area (TPSA) is 64.4 Å². The van der Waals surface area contributed by atoms with Crippen molar-refractivity contribution in [3.8, 4) is 0 Å². The van der Waals surface area contributed by atoms with Crippen molar-refractivity contribution in [3.05, 3.63) is 48.0 Å². The molecule has 3 aliphatic rings. The Kier molecular flexibility index (Phi) is 3.09. The maximum Gasteiger partial charge on any atom is 0.240 e. The Morgan fingerprint density at radius 1 is 1.16 bits per heavy atom. The number of rotatable bonds is 3. The van der Waals surface area contributed by atoms with Gasteiger partial charge in [-0.25, -0.2) is 9.29 Å². The van der Waals surface area contributed by atoms with Crippen LogP contribution in [0.2, 0.25) is 0 Å². The number of nitrogens with zero attached hydrogens (tertiary/aromatic N) is 3. The molecule has 128 valence electrons. The monoisotopic (exact) mass is 341 g/mol. The van der Waals surface area contributed by atoms with E-state index in [0.29, 0.717) is 12.2 Å². The number of hydrogen-bond acceptors (Lipinski definition) is 4. The number of amides is 2. The fraction of sp³-hybridized carbons (Fsp3) is 0.389. The second-order valence-corrected chi connectivity index (χ2v) is 6.88. The van der Waals surface area contributed by atoms with Crippen molar-refractivity contribution in [2.45, 2.75) is 31.6 Å². The van der Waals surface area contributed by atoms with E-state index in [0.717, 1.165) is 18.4 Å². The molecule has 0 N–H and O–H groups in total. The summed E-state index contributed by atoms with van der Waals surface area (Å²) >= 11 is 0. The first-order valence-corrected chi connectivity index (χ1v) is 8.42. The molecule has 7 heteroatoms. The first kappa shape index (κ1) is 14.8. The fourth-order valence-electron chi connectivity index (χ4n) is 4.34. The van der Waals surface area contributed by atoms with Crippen LogP contribution >= 0.6 is 0 Å². The quantitative estimate of drug-likeness (QED) is 0.798. The van der Waals surface area contributed by atoms with Crippen LogP contribution in [0.1, 0.15) is 18.4 Å². The lowest BCUT2D eigenvalue weighted by Crippen LogP contribution is -2.33. The fourth-order valence-corrected chi connectivity index (χ4v) is 4.34. The standard InChI is InChI=1S/C18H16FN3O3/c19-11-3-1-2-10(6-11)8-21-9-12(7-20-21)22-17(23)15-13-4-5-14(25-13)16(15)18(22)24/h1-3,6-7,9,13-16H,4-5,8H2/t13-,14-,15-,16+/m0/s1. The number of carbonyl (C=O) groups is 2. The molecular formula is C18H16FN3O3. The number of anilines is 1. The van der Waals surface area contributed by atoms with Crippen molar-refractivity contribution >= 4 is 17.5 Å². The van der Waals surface area contributed by atoms with Crippen molar-refractivity contribution in [2.75, 3.05) is 4.90 Å². The number of aromatic nitrogens is 2. The summed E-state index contributed by atoms with van der Waals surface area (Å²) in [5, 5.41) is 4.22. The predicted octanol–water partition coefficient (Wildman–Crippen LogP) is 1.74. The van der Waals surface area contributed by atoms with E-state index in [2.05, 4.69) is 5.10 Å². The summed E-state index contributed by atoms with van der Waals surface area (Å²) < 4.78 is 20.6. The van der Waals surface area contributed by atoms with Crippen molar-refractivity contribution in [1.82, 2.24) is 9.78 Å². The Morgan fingerprint density at radius 2 is 1.88 bits per heavy atom. The van der Waals surface area contributed by atoms with Crippen LogP contribution in [-0.4, -0.2) is 33.8 Å². The minimum Gasteiger partial charge on any atom is -0.373 e. The Labute approximate surface area is 143 Å². The average molecular weight is 341 g/mol. The molecule has 3 fully saturated rings. The number of hydrogen-bond donors (Lipinski definition) is 0. The van der Waals surface area contributed by atoms with Gasteiger partial charge < -0.3 is 4.74 Å². The summed E-state index contributed by atoms with van der Waals surface area (Å²) in [6, 6.07) is 6.26. The lowest BCUT2D eigenvalue weighted by atomic mass is 9.81. The van der Waals surface area contributed by atoms with Crippen LogP contribution in [-0.2, 0) is 20.9 Å². The summed E-state index contributed by atoms with van der Waals surface area (Å²) in [7, 11) is 0. The molecule has 3 aliphatic heterocycles. The van der Waals surface area contributed by atoms with E-state index in [4.69, 9.17) is 4.74 Å². The van der Waals surface area contributed by atoms with Crippen LogP contribution in [0, 0.1) is 17.7 Å². The van der Waals surface area contributed by atoms with Gasteiger partial charge in [0.2, 0.25) is 11.8 Å². The molecule has 0 spiro atoms. The van der Waals surface area contributed by atoms with E-state index < -0.39 is 0 Å². The van der Waals surface area contributed by atoms with Crippen LogP contribution in [0.4, 0.5) is 10.1 Å². The Hall–Kier alpha value is -2.54. The third kappa shape index (κ3) is 2.15. The number of fused-ring (bicyclic) bond motifs is 5. The Morgan fingerprint density at radius 3 is 2.56 bits per heavy atom. The maximum absolute atomic E-state index is 13.3. The molecule has 0 unspecified atom stereocenters. The zero-order valence-corrected chi connectivity index (χ0v) is 13.3. The molecule has 6 nitrogen and oxygen atoms in total. The molecule has 2 amide bonds. The van der Waals surface area contributed by atoms with E-state index in [1.165, 1.54) is 23.2 Å². The van der Waals surface area contributed by atoms with Crippen LogP contribution in [0.5, 0.6) is 0 Å². The van der Waals surface area contributed by atoms with Gasteiger partial charge >= 0.3 is 0 Å². The number of imide groups is 1. The minimum atomic E-state index is -0.349.